The van der Waals surface area contributed by atoms with Gasteiger partial charge in [0.15, 0.2) is 11.5 Å². The van der Waals surface area contributed by atoms with Crippen LogP contribution in [0, 0.1) is 0 Å². The van der Waals surface area contributed by atoms with E-state index in [-0.39, 0.29) is 11.5 Å². The first kappa shape index (κ1) is 14.7. The summed E-state index contributed by atoms with van der Waals surface area (Å²) in [5.74, 6) is 0.262. The minimum Gasteiger partial charge on any atom is -0.493 e. The number of hydrogen-bond donors (Lipinski definition) is 2. The van der Waals surface area contributed by atoms with Crippen LogP contribution >= 0.6 is 0 Å². The first-order valence-corrected chi connectivity index (χ1v) is 5.53. The van der Waals surface area contributed by atoms with Crippen molar-refractivity contribution in [3.63, 3.8) is 0 Å². The summed E-state index contributed by atoms with van der Waals surface area (Å²) in [4.78, 5) is 0. The second kappa shape index (κ2) is 7.13. The number of ether oxygens (including phenoxy) is 2. The fourth-order valence-electron chi connectivity index (χ4n) is 1.44. The Hall–Kier alpha value is -1.40. The monoisotopic (exact) mass is 261 g/mol. The first-order chi connectivity index (χ1) is 8.52. The highest BCUT2D eigenvalue weighted by Gasteiger charge is 2.10. The summed E-state index contributed by atoms with van der Waals surface area (Å²) >= 11 is 0. The van der Waals surface area contributed by atoms with Gasteiger partial charge in [0.1, 0.15) is 0 Å². The average molecular weight is 261 g/mol. The lowest BCUT2D eigenvalue weighted by Crippen LogP contribution is -2.23. The highest BCUT2D eigenvalue weighted by Crippen LogP contribution is 2.29. The second-order valence-corrected chi connectivity index (χ2v) is 3.84. The van der Waals surface area contributed by atoms with E-state index in [9.17, 15) is 8.78 Å². The van der Waals surface area contributed by atoms with Crippen molar-refractivity contribution in [2.75, 3.05) is 13.7 Å². The highest BCUT2D eigenvalue weighted by molar-refractivity contribution is 5.42. The van der Waals surface area contributed by atoms with Crippen LogP contribution in [0.15, 0.2) is 18.2 Å². The van der Waals surface area contributed by atoms with Crippen molar-refractivity contribution in [3.05, 3.63) is 23.8 Å². The van der Waals surface area contributed by atoms with Crippen molar-refractivity contribution in [3.8, 4) is 11.5 Å². The third-order valence-corrected chi connectivity index (χ3v) is 2.21. The molecule has 0 aliphatic heterocycles. The average Bonchev–Trinajstić information content (AvgIpc) is 2.29. The molecule has 0 fully saturated rings. The number of aliphatic hydroxyl groups is 1. The molecule has 0 aromatic heterocycles. The van der Waals surface area contributed by atoms with Crippen LogP contribution in [0.25, 0.3) is 0 Å². The summed E-state index contributed by atoms with van der Waals surface area (Å²) in [6, 6.07) is 4.71. The Labute approximate surface area is 105 Å². The van der Waals surface area contributed by atoms with Crippen molar-refractivity contribution in [1.29, 1.82) is 0 Å². The van der Waals surface area contributed by atoms with Gasteiger partial charge in [-0.05, 0) is 24.6 Å². The Morgan fingerprint density at radius 2 is 2.06 bits per heavy atom. The fraction of sp³-hybridized carbons (Fsp3) is 0.500. The largest absolute Gasteiger partial charge is 0.493 e. The summed E-state index contributed by atoms with van der Waals surface area (Å²) in [7, 11) is 1.39. The summed E-state index contributed by atoms with van der Waals surface area (Å²) < 4.78 is 33.5. The van der Waals surface area contributed by atoms with E-state index in [4.69, 9.17) is 9.84 Å². The molecule has 0 radical (unpaired) electrons. The van der Waals surface area contributed by atoms with Crippen LogP contribution in [0.4, 0.5) is 8.78 Å². The van der Waals surface area contributed by atoms with Gasteiger partial charge in [0.2, 0.25) is 0 Å². The normalized spacial score (nSPS) is 12.6. The van der Waals surface area contributed by atoms with E-state index in [0.29, 0.717) is 13.1 Å². The minimum atomic E-state index is -2.88. The molecule has 1 aromatic carbocycles. The molecule has 0 amide bonds. The standard InChI is InChI=1S/C12H17F2NO3/c1-8(16)6-15-7-9-3-4-10(18-12(13)14)11(5-9)17-2/h3-5,8,12,15-16H,6-7H2,1-2H3. The molecule has 6 heteroatoms. The molecule has 18 heavy (non-hydrogen) atoms. The van der Waals surface area contributed by atoms with Crippen LogP contribution in [0.5, 0.6) is 11.5 Å². The second-order valence-electron chi connectivity index (χ2n) is 3.84. The number of halogens is 2. The molecule has 0 heterocycles. The molecule has 0 spiro atoms. The van der Waals surface area contributed by atoms with Gasteiger partial charge in [0.05, 0.1) is 13.2 Å². The molecule has 0 bridgehead atoms. The van der Waals surface area contributed by atoms with Gasteiger partial charge in [-0.2, -0.15) is 8.78 Å². The molecule has 1 atom stereocenters. The van der Waals surface area contributed by atoms with Gasteiger partial charge in [-0.25, -0.2) is 0 Å². The van der Waals surface area contributed by atoms with Crippen molar-refractivity contribution in [2.45, 2.75) is 26.2 Å². The third-order valence-electron chi connectivity index (χ3n) is 2.21. The molecule has 0 saturated carbocycles. The van der Waals surface area contributed by atoms with Crippen LogP contribution in [0.3, 0.4) is 0 Å². The Balaban J connectivity index is 2.66. The molecule has 4 nitrogen and oxygen atoms in total. The molecule has 0 aliphatic rings. The molecule has 0 saturated heterocycles. The van der Waals surface area contributed by atoms with Gasteiger partial charge in [-0.3, -0.25) is 0 Å². The van der Waals surface area contributed by atoms with Gasteiger partial charge in [0.25, 0.3) is 0 Å². The number of hydrogen-bond acceptors (Lipinski definition) is 4. The van der Waals surface area contributed by atoms with Gasteiger partial charge in [-0.1, -0.05) is 6.07 Å². The van der Waals surface area contributed by atoms with E-state index in [1.54, 1.807) is 19.1 Å². The SMILES string of the molecule is COc1cc(CNCC(C)O)ccc1OC(F)F. The van der Waals surface area contributed by atoms with Gasteiger partial charge < -0.3 is 19.9 Å². The van der Waals surface area contributed by atoms with Crippen LogP contribution in [-0.4, -0.2) is 31.5 Å². The zero-order valence-electron chi connectivity index (χ0n) is 10.3. The number of nitrogens with one attached hydrogen (secondary N) is 1. The van der Waals surface area contributed by atoms with E-state index in [0.717, 1.165) is 5.56 Å². The maximum atomic E-state index is 12.1. The predicted octanol–water partition coefficient (Wildman–Crippen LogP) is 1.77. The molecule has 2 N–H and O–H groups in total. The van der Waals surface area contributed by atoms with Crippen LogP contribution in [0.2, 0.25) is 0 Å². The summed E-state index contributed by atoms with van der Waals surface area (Å²) in [6.45, 7) is -0.237. The summed E-state index contributed by atoms with van der Waals surface area (Å²) in [5.41, 5.74) is 0.856. The van der Waals surface area contributed by atoms with Crippen molar-refractivity contribution in [1.82, 2.24) is 5.32 Å². The minimum absolute atomic E-state index is 0.00627. The highest BCUT2D eigenvalue weighted by atomic mass is 19.3. The molecule has 1 aromatic rings. The quantitative estimate of drug-likeness (QED) is 0.785. The Bertz CT molecular complexity index is 372. The van der Waals surface area contributed by atoms with Crippen molar-refractivity contribution in [2.24, 2.45) is 0 Å². The zero-order chi connectivity index (χ0) is 13.5. The van der Waals surface area contributed by atoms with Gasteiger partial charge in [0, 0.05) is 13.1 Å². The lowest BCUT2D eigenvalue weighted by atomic mass is 10.2. The summed E-state index contributed by atoms with van der Waals surface area (Å²) in [6.07, 6.45) is -0.437. The number of rotatable bonds is 7. The molecule has 102 valence electrons. The Morgan fingerprint density at radius 3 is 2.61 bits per heavy atom. The van der Waals surface area contributed by atoms with Gasteiger partial charge >= 0.3 is 6.61 Å². The van der Waals surface area contributed by atoms with E-state index >= 15 is 0 Å². The number of benzene rings is 1. The van der Waals surface area contributed by atoms with Gasteiger partial charge in [-0.15, -0.1) is 0 Å². The molecular weight excluding hydrogens is 244 g/mol. The number of methoxy groups -OCH3 is 1. The van der Waals surface area contributed by atoms with Crippen molar-refractivity contribution < 1.29 is 23.4 Å². The fourth-order valence-corrected chi connectivity index (χ4v) is 1.44. The number of alkyl halides is 2. The molecular formula is C12H17F2NO3. The van der Waals surface area contributed by atoms with Crippen molar-refractivity contribution >= 4 is 0 Å². The predicted molar refractivity (Wildman–Crippen MR) is 63.0 cm³/mol. The smallest absolute Gasteiger partial charge is 0.387 e. The maximum absolute atomic E-state index is 12.1. The molecule has 1 unspecified atom stereocenters. The van der Waals surface area contributed by atoms with Crippen LogP contribution in [-0.2, 0) is 6.54 Å². The van der Waals surface area contributed by atoms with Crippen LogP contribution < -0.4 is 14.8 Å². The van der Waals surface area contributed by atoms with E-state index in [1.165, 1.54) is 13.2 Å². The first-order valence-electron chi connectivity index (χ1n) is 5.53. The Kier molecular flexibility index (Phi) is 5.80. The van der Waals surface area contributed by atoms with E-state index < -0.39 is 12.7 Å². The number of aliphatic hydroxyl groups excluding tert-OH is 1. The maximum Gasteiger partial charge on any atom is 0.387 e. The molecule has 1 rings (SSSR count). The lowest BCUT2D eigenvalue weighted by molar-refractivity contribution is -0.0512. The summed E-state index contributed by atoms with van der Waals surface area (Å²) in [5, 5.41) is 12.1. The third kappa shape index (κ3) is 4.85. The van der Waals surface area contributed by atoms with Crippen LogP contribution in [0.1, 0.15) is 12.5 Å². The Morgan fingerprint density at radius 1 is 1.33 bits per heavy atom. The topological polar surface area (TPSA) is 50.7 Å². The van der Waals surface area contributed by atoms with E-state index in [2.05, 4.69) is 10.1 Å². The molecule has 0 aliphatic carbocycles. The van der Waals surface area contributed by atoms with E-state index in [1.807, 2.05) is 0 Å². The zero-order valence-corrected chi connectivity index (χ0v) is 10.3. The lowest BCUT2D eigenvalue weighted by Gasteiger charge is -2.12.